The molecule has 0 spiro atoms. The zero-order valence-electron chi connectivity index (χ0n) is 14.6. The number of nitrogens with one attached hydrogen (secondary N) is 1. The first kappa shape index (κ1) is 17.7. The summed E-state index contributed by atoms with van der Waals surface area (Å²) in [4.78, 5) is 26.6. The Bertz CT molecular complexity index is 976. The number of aromatic amines is 1. The number of rotatable bonds is 7. The molecule has 0 saturated carbocycles. The molecule has 2 aromatic carbocycles. The molecule has 0 aliphatic heterocycles. The zero-order chi connectivity index (χ0) is 18.5. The summed E-state index contributed by atoms with van der Waals surface area (Å²) in [6, 6.07) is 13.4. The summed E-state index contributed by atoms with van der Waals surface area (Å²) in [6.07, 6.45) is 3.98. The molecule has 1 heterocycles. The normalized spacial score (nSPS) is 10.8. The number of fused-ring (bicyclic) bond motifs is 1. The van der Waals surface area contributed by atoms with Crippen LogP contribution in [-0.2, 0) is 13.0 Å². The third kappa shape index (κ3) is 3.77. The van der Waals surface area contributed by atoms with Gasteiger partial charge in [-0.15, -0.1) is 0 Å². The molecule has 0 aliphatic rings. The Morgan fingerprint density at radius 1 is 1.19 bits per heavy atom. The highest BCUT2D eigenvalue weighted by Crippen LogP contribution is 2.26. The van der Waals surface area contributed by atoms with Crippen molar-refractivity contribution in [1.29, 1.82) is 0 Å². The van der Waals surface area contributed by atoms with Gasteiger partial charge in [0.25, 0.3) is 0 Å². The molecule has 0 radical (unpaired) electrons. The molecule has 3 rings (SSSR count). The van der Waals surface area contributed by atoms with Crippen LogP contribution in [0.15, 0.2) is 53.5 Å². The summed E-state index contributed by atoms with van der Waals surface area (Å²) in [6.45, 7) is 2.53. The van der Waals surface area contributed by atoms with Gasteiger partial charge in [-0.3, -0.25) is 4.79 Å². The monoisotopic (exact) mass is 351 g/mol. The maximum absolute atomic E-state index is 12.4. The number of carbonyl (C=O) groups is 1. The van der Waals surface area contributed by atoms with Gasteiger partial charge in [0.05, 0.1) is 5.52 Å². The third-order valence-electron chi connectivity index (χ3n) is 4.33. The van der Waals surface area contributed by atoms with E-state index in [1.54, 1.807) is 12.1 Å². The predicted molar refractivity (Wildman–Crippen MR) is 101 cm³/mol. The SMILES string of the molecule is CCCCc1cc2c(=O)c(C(=O)O)c[nH]c2cc1OCc1ccccc1. The highest BCUT2D eigenvalue weighted by Gasteiger charge is 2.14. The van der Waals surface area contributed by atoms with Crippen LogP contribution in [0, 0.1) is 0 Å². The van der Waals surface area contributed by atoms with Crippen molar-refractivity contribution in [1.82, 2.24) is 4.98 Å². The highest BCUT2D eigenvalue weighted by atomic mass is 16.5. The first-order valence-corrected chi connectivity index (χ1v) is 8.68. The molecule has 134 valence electrons. The van der Waals surface area contributed by atoms with Crippen molar-refractivity contribution < 1.29 is 14.6 Å². The van der Waals surface area contributed by atoms with E-state index in [-0.39, 0.29) is 5.56 Å². The quantitative estimate of drug-likeness (QED) is 0.670. The largest absolute Gasteiger partial charge is 0.489 e. The first-order chi connectivity index (χ1) is 12.6. The number of aromatic nitrogens is 1. The molecule has 3 aromatic rings. The Labute approximate surface area is 151 Å². The molecule has 0 unspecified atom stereocenters. The van der Waals surface area contributed by atoms with Crippen molar-refractivity contribution in [2.24, 2.45) is 0 Å². The molecule has 0 aliphatic carbocycles. The lowest BCUT2D eigenvalue weighted by molar-refractivity contribution is 0.0695. The van der Waals surface area contributed by atoms with Crippen molar-refractivity contribution in [2.75, 3.05) is 0 Å². The number of pyridine rings is 1. The average molecular weight is 351 g/mol. The van der Waals surface area contributed by atoms with Crippen LogP contribution in [-0.4, -0.2) is 16.1 Å². The second-order valence-electron chi connectivity index (χ2n) is 6.22. The number of hydrogen-bond donors (Lipinski definition) is 2. The van der Waals surface area contributed by atoms with Crippen molar-refractivity contribution >= 4 is 16.9 Å². The number of aromatic carboxylic acids is 1. The van der Waals surface area contributed by atoms with Gasteiger partial charge in [0.2, 0.25) is 5.43 Å². The first-order valence-electron chi connectivity index (χ1n) is 8.68. The topological polar surface area (TPSA) is 79.4 Å². The van der Waals surface area contributed by atoms with E-state index in [1.807, 2.05) is 30.3 Å². The van der Waals surface area contributed by atoms with Crippen LogP contribution in [0.2, 0.25) is 0 Å². The molecular formula is C21H21NO4. The smallest absolute Gasteiger partial charge is 0.341 e. The van der Waals surface area contributed by atoms with Crippen LogP contribution in [0.3, 0.4) is 0 Å². The Morgan fingerprint density at radius 2 is 1.96 bits per heavy atom. The maximum atomic E-state index is 12.4. The zero-order valence-corrected chi connectivity index (χ0v) is 14.6. The summed E-state index contributed by atoms with van der Waals surface area (Å²) < 4.78 is 6.01. The van der Waals surface area contributed by atoms with Gasteiger partial charge < -0.3 is 14.8 Å². The van der Waals surface area contributed by atoms with Gasteiger partial charge in [0.1, 0.15) is 17.9 Å². The predicted octanol–water partition coefficient (Wildman–Crippen LogP) is 4.15. The molecule has 1 aromatic heterocycles. The van der Waals surface area contributed by atoms with Gasteiger partial charge in [-0.1, -0.05) is 43.7 Å². The van der Waals surface area contributed by atoms with E-state index in [1.165, 1.54) is 6.20 Å². The Kier molecular flexibility index (Phi) is 5.37. The molecule has 0 saturated heterocycles. The molecule has 26 heavy (non-hydrogen) atoms. The summed E-state index contributed by atoms with van der Waals surface area (Å²) >= 11 is 0. The summed E-state index contributed by atoms with van der Waals surface area (Å²) in [5.74, 6) is -0.513. The highest BCUT2D eigenvalue weighted by molar-refractivity contribution is 5.92. The second kappa shape index (κ2) is 7.87. The van der Waals surface area contributed by atoms with Gasteiger partial charge in [0, 0.05) is 17.6 Å². The van der Waals surface area contributed by atoms with E-state index in [4.69, 9.17) is 9.84 Å². The second-order valence-corrected chi connectivity index (χ2v) is 6.22. The van der Waals surface area contributed by atoms with E-state index in [0.29, 0.717) is 23.3 Å². The van der Waals surface area contributed by atoms with E-state index in [0.717, 1.165) is 30.4 Å². The lowest BCUT2D eigenvalue weighted by Crippen LogP contribution is -2.15. The van der Waals surface area contributed by atoms with Crippen LogP contribution in [0.25, 0.3) is 10.9 Å². The van der Waals surface area contributed by atoms with Gasteiger partial charge >= 0.3 is 5.97 Å². The van der Waals surface area contributed by atoms with Gasteiger partial charge in [-0.25, -0.2) is 4.79 Å². The van der Waals surface area contributed by atoms with E-state index < -0.39 is 11.4 Å². The molecule has 5 nitrogen and oxygen atoms in total. The van der Waals surface area contributed by atoms with Gasteiger partial charge in [-0.05, 0) is 30.0 Å². The minimum absolute atomic E-state index is 0.253. The Hall–Kier alpha value is -3.08. The van der Waals surface area contributed by atoms with E-state index in [9.17, 15) is 9.59 Å². The molecule has 5 heteroatoms. The summed E-state index contributed by atoms with van der Waals surface area (Å²) in [7, 11) is 0. The standard InChI is InChI=1S/C21H21NO4/c1-2-3-9-15-10-16-18(22-12-17(20(16)23)21(24)25)11-19(15)26-13-14-7-5-4-6-8-14/h4-8,10-12H,2-3,9,13H2,1H3,(H,22,23)(H,24,25). The van der Waals surface area contributed by atoms with Crippen LogP contribution < -0.4 is 10.2 Å². The fraction of sp³-hybridized carbons (Fsp3) is 0.238. The molecule has 0 fully saturated rings. The van der Waals surface area contributed by atoms with Crippen LogP contribution in [0.4, 0.5) is 0 Å². The molecule has 0 bridgehead atoms. The summed E-state index contributed by atoms with van der Waals surface area (Å²) in [5, 5.41) is 9.53. The number of unbranched alkanes of at least 4 members (excludes halogenated alkanes) is 1. The Balaban J connectivity index is 2.01. The number of H-pyrrole nitrogens is 1. The van der Waals surface area contributed by atoms with Crippen molar-refractivity contribution in [3.63, 3.8) is 0 Å². The number of ether oxygens (including phenoxy) is 1. The number of hydrogen-bond acceptors (Lipinski definition) is 3. The maximum Gasteiger partial charge on any atom is 0.341 e. The average Bonchev–Trinajstić information content (AvgIpc) is 2.65. The number of benzene rings is 2. The van der Waals surface area contributed by atoms with Crippen LogP contribution >= 0.6 is 0 Å². The van der Waals surface area contributed by atoms with Gasteiger partial charge in [-0.2, -0.15) is 0 Å². The Morgan fingerprint density at radius 3 is 2.65 bits per heavy atom. The minimum Gasteiger partial charge on any atom is -0.489 e. The lowest BCUT2D eigenvalue weighted by atomic mass is 10.0. The fourth-order valence-corrected chi connectivity index (χ4v) is 2.88. The van der Waals surface area contributed by atoms with Crippen molar-refractivity contribution in [2.45, 2.75) is 32.8 Å². The third-order valence-corrected chi connectivity index (χ3v) is 4.33. The molecular weight excluding hydrogens is 330 g/mol. The number of carboxylic acids is 1. The van der Waals surface area contributed by atoms with Crippen LogP contribution in [0.1, 0.15) is 41.3 Å². The number of aryl methyl sites for hydroxylation is 1. The molecule has 2 N–H and O–H groups in total. The molecule has 0 atom stereocenters. The van der Waals surface area contributed by atoms with E-state index in [2.05, 4.69) is 11.9 Å². The van der Waals surface area contributed by atoms with Crippen LogP contribution in [0.5, 0.6) is 5.75 Å². The van der Waals surface area contributed by atoms with Gasteiger partial charge in [0.15, 0.2) is 0 Å². The summed E-state index contributed by atoms with van der Waals surface area (Å²) in [5.41, 5.74) is 1.82. The molecule has 0 amide bonds. The fourth-order valence-electron chi connectivity index (χ4n) is 2.88. The number of carboxylic acid groups (broad SMARTS) is 1. The van der Waals surface area contributed by atoms with E-state index >= 15 is 0 Å². The lowest BCUT2D eigenvalue weighted by Gasteiger charge is -2.13. The minimum atomic E-state index is -1.23. The van der Waals surface area contributed by atoms with Crippen molar-refractivity contribution in [3.8, 4) is 5.75 Å². The van der Waals surface area contributed by atoms with Crippen molar-refractivity contribution in [3.05, 3.63) is 75.6 Å².